The largest absolute Gasteiger partial charge is 0.472 e. The van der Waals surface area contributed by atoms with Gasteiger partial charge in [-0.15, -0.1) is 0 Å². The molecule has 0 aromatic heterocycles. The van der Waals surface area contributed by atoms with Gasteiger partial charge >= 0.3 is 13.8 Å². The molecule has 6 N–H and O–H groups in total. The molecule has 13 heteroatoms. The summed E-state index contributed by atoms with van der Waals surface area (Å²) < 4.78 is 34.0. The van der Waals surface area contributed by atoms with E-state index in [1.807, 2.05) is 0 Å². The first kappa shape index (κ1) is 48.1. The monoisotopic (exact) mass is 752 g/mol. The van der Waals surface area contributed by atoms with Crippen LogP contribution in [0.1, 0.15) is 162 Å². The van der Waals surface area contributed by atoms with Gasteiger partial charge in [0.2, 0.25) is 0 Å². The lowest BCUT2D eigenvalue weighted by Crippen LogP contribution is -2.64. The zero-order valence-electron chi connectivity index (χ0n) is 31.7. The summed E-state index contributed by atoms with van der Waals surface area (Å²) in [4.78, 5) is 23.0. The van der Waals surface area contributed by atoms with Crippen molar-refractivity contribution in [2.24, 2.45) is 0 Å². The second-order valence-electron chi connectivity index (χ2n) is 14.1. The van der Waals surface area contributed by atoms with E-state index in [0.29, 0.717) is 13.0 Å². The molecule has 0 bridgehead atoms. The summed E-state index contributed by atoms with van der Waals surface area (Å²) in [6, 6.07) is 0. The predicted molar refractivity (Wildman–Crippen MR) is 198 cm³/mol. The Kier molecular flexibility index (Phi) is 28.7. The first-order chi connectivity index (χ1) is 24.5. The van der Waals surface area contributed by atoms with Crippen LogP contribution in [0.3, 0.4) is 0 Å². The number of esters is 1. The molecular formula is C38H73O12P. The van der Waals surface area contributed by atoms with Crippen LogP contribution < -0.4 is 0 Å². The zero-order valence-corrected chi connectivity index (χ0v) is 32.6. The maximum absolute atomic E-state index is 12.7. The fourth-order valence-corrected chi connectivity index (χ4v) is 7.07. The van der Waals surface area contributed by atoms with E-state index in [0.717, 1.165) is 57.8 Å². The maximum Gasteiger partial charge on any atom is 0.472 e. The molecule has 0 aromatic carbocycles. The Morgan fingerprint density at radius 3 is 1.61 bits per heavy atom. The van der Waals surface area contributed by atoms with Crippen molar-refractivity contribution >= 4 is 13.8 Å². The summed E-state index contributed by atoms with van der Waals surface area (Å²) in [7, 11) is -5.00. The third kappa shape index (κ3) is 23.5. The molecule has 1 fully saturated rings. The molecule has 51 heavy (non-hydrogen) atoms. The number of allylic oxidation sites excluding steroid dienone is 2. The lowest BCUT2D eigenvalue weighted by atomic mass is 9.85. The smallest absolute Gasteiger partial charge is 0.457 e. The standard InChI is InChI=1S/C38H73O12P/c1-3-5-7-9-11-13-15-17-19-21-23-25-27-32(39)49-31(29-47-28-26-24-22-20-18-16-14-12-10-8-6-4-2)30-48-51(45,46)50-38-36(43)34(41)33(40)35(42)37(38)44/h10,12,31,33-38,40-44H,3-9,11,13-30H2,1-2H3,(H,45,46)/b12-10-. The van der Waals surface area contributed by atoms with E-state index >= 15 is 0 Å². The highest BCUT2D eigenvalue weighted by atomic mass is 31.2. The first-order valence-electron chi connectivity index (χ1n) is 20.0. The molecule has 6 atom stereocenters. The van der Waals surface area contributed by atoms with Gasteiger partial charge in [-0.25, -0.2) is 4.57 Å². The minimum absolute atomic E-state index is 0.0765. The van der Waals surface area contributed by atoms with Crippen molar-refractivity contribution < 1.29 is 58.3 Å². The third-order valence-corrected chi connectivity index (χ3v) is 10.4. The van der Waals surface area contributed by atoms with Crippen molar-refractivity contribution in [2.75, 3.05) is 19.8 Å². The molecule has 0 saturated heterocycles. The number of aliphatic hydroxyl groups is 5. The summed E-state index contributed by atoms with van der Waals surface area (Å²) in [6.45, 7) is 4.19. The van der Waals surface area contributed by atoms with Gasteiger partial charge in [0, 0.05) is 13.0 Å². The van der Waals surface area contributed by atoms with Crippen molar-refractivity contribution in [1.82, 2.24) is 0 Å². The Morgan fingerprint density at radius 1 is 0.608 bits per heavy atom. The second kappa shape index (κ2) is 30.4. The highest BCUT2D eigenvalue weighted by molar-refractivity contribution is 7.47. The fourth-order valence-electron chi connectivity index (χ4n) is 6.10. The van der Waals surface area contributed by atoms with Gasteiger partial charge in [-0.1, -0.05) is 135 Å². The summed E-state index contributed by atoms with van der Waals surface area (Å²) >= 11 is 0. The van der Waals surface area contributed by atoms with Gasteiger partial charge in [0.25, 0.3) is 0 Å². The summed E-state index contributed by atoms with van der Waals surface area (Å²) in [6.07, 6.45) is 17.2. The van der Waals surface area contributed by atoms with Gasteiger partial charge < -0.3 is 39.9 Å². The van der Waals surface area contributed by atoms with Gasteiger partial charge in [0.15, 0.2) is 0 Å². The van der Waals surface area contributed by atoms with Gasteiger partial charge in [0.05, 0.1) is 13.2 Å². The van der Waals surface area contributed by atoms with E-state index in [4.69, 9.17) is 18.5 Å². The lowest BCUT2D eigenvalue weighted by molar-refractivity contribution is -0.220. The molecular weight excluding hydrogens is 679 g/mol. The molecule has 1 aliphatic carbocycles. The first-order valence-corrected chi connectivity index (χ1v) is 21.5. The van der Waals surface area contributed by atoms with Crippen molar-refractivity contribution in [3.8, 4) is 0 Å². The normalized spacial score (nSPS) is 24.2. The Labute approximate surface area is 307 Å². The maximum atomic E-state index is 12.7. The van der Waals surface area contributed by atoms with Crippen molar-refractivity contribution in [2.45, 2.75) is 204 Å². The Hall–Kier alpha value is -0.920. The lowest BCUT2D eigenvalue weighted by Gasteiger charge is -2.41. The minimum Gasteiger partial charge on any atom is -0.457 e. The molecule has 0 heterocycles. The molecule has 12 nitrogen and oxygen atoms in total. The number of phosphoric acid groups is 1. The van der Waals surface area contributed by atoms with Gasteiger partial charge in [0.1, 0.15) is 42.7 Å². The number of phosphoric ester groups is 1. The van der Waals surface area contributed by atoms with Crippen molar-refractivity contribution in [3.63, 3.8) is 0 Å². The zero-order chi connectivity index (χ0) is 37.7. The van der Waals surface area contributed by atoms with Crippen LogP contribution in [-0.4, -0.2) is 98.9 Å². The van der Waals surface area contributed by atoms with Gasteiger partial charge in [-0.3, -0.25) is 13.8 Å². The molecule has 0 spiro atoms. The summed E-state index contributed by atoms with van der Waals surface area (Å²) in [5.74, 6) is -0.480. The number of rotatable bonds is 33. The summed E-state index contributed by atoms with van der Waals surface area (Å²) in [5, 5.41) is 49.9. The summed E-state index contributed by atoms with van der Waals surface area (Å²) in [5.41, 5.74) is 0. The topological polar surface area (TPSA) is 192 Å². The molecule has 6 unspecified atom stereocenters. The molecule has 0 amide bonds. The predicted octanol–water partition coefficient (Wildman–Crippen LogP) is 6.80. The molecule has 1 aliphatic rings. The van der Waals surface area contributed by atoms with Crippen LogP contribution in [0.2, 0.25) is 0 Å². The van der Waals surface area contributed by atoms with Crippen LogP contribution in [0.4, 0.5) is 0 Å². The van der Waals surface area contributed by atoms with E-state index in [2.05, 4.69) is 26.0 Å². The van der Waals surface area contributed by atoms with Crippen molar-refractivity contribution in [3.05, 3.63) is 12.2 Å². The molecule has 0 radical (unpaired) electrons. The highest BCUT2D eigenvalue weighted by Crippen LogP contribution is 2.47. The van der Waals surface area contributed by atoms with Crippen LogP contribution in [0.25, 0.3) is 0 Å². The quantitative estimate of drug-likeness (QED) is 0.0178. The highest BCUT2D eigenvalue weighted by Gasteiger charge is 2.51. The molecule has 0 aliphatic heterocycles. The fraction of sp³-hybridized carbons (Fsp3) is 0.921. The minimum atomic E-state index is -5.00. The number of hydrogen-bond acceptors (Lipinski definition) is 11. The van der Waals surface area contributed by atoms with Crippen molar-refractivity contribution in [1.29, 1.82) is 0 Å². The van der Waals surface area contributed by atoms with Gasteiger partial charge in [-0.2, -0.15) is 0 Å². The average Bonchev–Trinajstić information content (AvgIpc) is 3.11. The van der Waals surface area contributed by atoms with E-state index in [9.17, 15) is 39.8 Å². The van der Waals surface area contributed by atoms with Crippen LogP contribution >= 0.6 is 7.82 Å². The second-order valence-corrected chi connectivity index (χ2v) is 15.5. The van der Waals surface area contributed by atoms with Crippen LogP contribution in [0, 0.1) is 0 Å². The molecule has 0 aromatic rings. The molecule has 302 valence electrons. The Balaban J connectivity index is 2.47. The number of aliphatic hydroxyl groups excluding tert-OH is 5. The number of unbranched alkanes of at least 4 members (excludes halogenated alkanes) is 19. The Morgan fingerprint density at radius 2 is 1.06 bits per heavy atom. The van der Waals surface area contributed by atoms with E-state index in [1.165, 1.54) is 77.0 Å². The number of carbonyl (C=O) groups excluding carboxylic acids is 1. The van der Waals surface area contributed by atoms with E-state index < -0.39 is 63.1 Å². The average molecular weight is 753 g/mol. The van der Waals surface area contributed by atoms with Crippen LogP contribution in [0.5, 0.6) is 0 Å². The van der Waals surface area contributed by atoms with E-state index in [1.54, 1.807) is 0 Å². The van der Waals surface area contributed by atoms with E-state index in [-0.39, 0.29) is 13.0 Å². The van der Waals surface area contributed by atoms with Crippen LogP contribution in [-0.2, 0) is 27.9 Å². The molecule has 1 saturated carbocycles. The number of ether oxygens (including phenoxy) is 2. The number of carbonyl (C=O) groups is 1. The third-order valence-electron chi connectivity index (χ3n) is 9.39. The molecule has 1 rings (SSSR count). The van der Waals surface area contributed by atoms with Gasteiger partial charge in [-0.05, 0) is 32.1 Å². The van der Waals surface area contributed by atoms with Crippen LogP contribution in [0.15, 0.2) is 12.2 Å². The Bertz CT molecular complexity index is 905. The number of hydrogen-bond donors (Lipinski definition) is 6. The SMILES string of the molecule is CCCC/C=C\CCCCCCCCOCC(COP(=O)(O)OC1C(O)C(O)C(O)C(O)C1O)OC(=O)CCCCCCCCCCCCCC.